The Morgan fingerprint density at radius 3 is 1.04 bits per heavy atom. The first-order valence-corrected chi connectivity index (χ1v) is 42.1. The van der Waals surface area contributed by atoms with Crippen LogP contribution in [0.5, 0.6) is 0 Å². The second kappa shape index (κ2) is 67.2. The molecule has 3 aliphatic heterocycles. The van der Waals surface area contributed by atoms with Crippen molar-refractivity contribution in [3.8, 4) is 0 Å². The van der Waals surface area contributed by atoms with Crippen molar-refractivity contribution in [3.63, 3.8) is 0 Å². The lowest BCUT2D eigenvalue weighted by Crippen LogP contribution is -2.66. The van der Waals surface area contributed by atoms with E-state index in [1.807, 2.05) is 6.08 Å². The van der Waals surface area contributed by atoms with E-state index in [-0.39, 0.29) is 18.9 Å². The molecule has 3 rings (SSSR count). The number of unbranched alkanes of at least 4 members (excludes halogenated alkanes) is 27. The highest BCUT2D eigenvalue weighted by Gasteiger charge is 2.54. The number of hydrogen-bond donors (Lipinski definition) is 12. The third kappa shape index (κ3) is 46.0. The molecule has 12 N–H and O–H groups in total. The first kappa shape index (κ1) is 97.9. The molecular weight excluding hydrogens is 1370 g/mol. The zero-order valence-corrected chi connectivity index (χ0v) is 66.3. The summed E-state index contributed by atoms with van der Waals surface area (Å²) in [6.07, 6.45) is 71.1. The molecule has 0 aromatic rings. The molecule has 618 valence electrons. The fraction of sp³-hybridized carbons (Fsp3) is 0.719. The fourth-order valence-corrected chi connectivity index (χ4v) is 13.2. The number of amides is 1. The summed E-state index contributed by atoms with van der Waals surface area (Å²) in [5.74, 6) is -0.304. The van der Waals surface area contributed by atoms with Gasteiger partial charge >= 0.3 is 0 Å². The number of carbonyl (C=O) groups excluding carboxylic acids is 1. The van der Waals surface area contributed by atoms with Crippen molar-refractivity contribution in [1.82, 2.24) is 5.32 Å². The summed E-state index contributed by atoms with van der Waals surface area (Å²) in [4.78, 5) is 13.5. The zero-order valence-electron chi connectivity index (χ0n) is 66.3. The Morgan fingerprint density at radius 1 is 0.343 bits per heavy atom. The molecule has 0 aliphatic carbocycles. The number of nitrogens with one attached hydrogen (secondary N) is 1. The van der Waals surface area contributed by atoms with E-state index in [9.17, 15) is 61.0 Å². The van der Waals surface area contributed by atoms with E-state index in [0.29, 0.717) is 12.8 Å². The lowest BCUT2D eigenvalue weighted by atomic mass is 9.96. The van der Waals surface area contributed by atoms with E-state index in [1.54, 1.807) is 6.08 Å². The molecule has 3 fully saturated rings. The molecule has 3 heterocycles. The van der Waals surface area contributed by atoms with Gasteiger partial charge in [-0.3, -0.25) is 4.79 Å². The van der Waals surface area contributed by atoms with Crippen molar-refractivity contribution < 1.29 is 89.4 Å². The predicted molar refractivity (Wildman–Crippen MR) is 433 cm³/mol. The molecule has 0 aromatic carbocycles. The number of ether oxygens (including phenoxy) is 6. The van der Waals surface area contributed by atoms with Crippen LogP contribution in [0, 0.1) is 0 Å². The van der Waals surface area contributed by atoms with E-state index >= 15 is 0 Å². The molecule has 0 radical (unpaired) electrons. The number of allylic oxidation sites excluding steroid dienone is 23. The van der Waals surface area contributed by atoms with Gasteiger partial charge in [0, 0.05) is 6.42 Å². The van der Waals surface area contributed by atoms with Gasteiger partial charge in [0.25, 0.3) is 0 Å². The summed E-state index contributed by atoms with van der Waals surface area (Å²) in [5.41, 5.74) is 0. The molecule has 19 heteroatoms. The Kier molecular flexibility index (Phi) is 60.9. The Bertz CT molecular complexity index is 2520. The molecule has 1 amide bonds. The summed E-state index contributed by atoms with van der Waals surface area (Å²) in [5, 5.41) is 121. The molecule has 108 heavy (non-hydrogen) atoms. The van der Waals surface area contributed by atoms with E-state index < -0.39 is 124 Å². The average molecular weight is 1520 g/mol. The van der Waals surface area contributed by atoms with Crippen molar-refractivity contribution in [1.29, 1.82) is 0 Å². The minimum atomic E-state index is -1.99. The lowest BCUT2D eigenvalue weighted by Gasteiger charge is -2.48. The Labute approximate surface area is 651 Å². The maximum atomic E-state index is 13.5. The molecule has 0 aromatic heterocycles. The predicted octanol–water partition coefficient (Wildman–Crippen LogP) is 15.0. The SMILES string of the molecule is CC/C=C\C/C=C\C/C=C\C/C=C\C/C=C\C/C=C\C/C=C\C/C=C\C/C=C\C/C=C\CCCCCCCCC(=O)NC(COC1OC(CO)C(OC2OC(CO)C(OC3OC(CO)C(O)C(O)C3O)C(O)C2O)C(O)C1O)C(O)/C=C/CC/C=C/CCCCCCCCCCCCCCCCCCCCCC. The third-order valence-electron chi connectivity index (χ3n) is 19.9. The average Bonchev–Trinajstić information content (AvgIpc) is 0.779. The Morgan fingerprint density at radius 2 is 0.648 bits per heavy atom. The first-order valence-electron chi connectivity index (χ1n) is 42.1. The Hall–Kier alpha value is -4.33. The van der Waals surface area contributed by atoms with Gasteiger partial charge in [-0.1, -0.05) is 307 Å². The van der Waals surface area contributed by atoms with Crippen LogP contribution in [-0.4, -0.2) is 193 Å². The van der Waals surface area contributed by atoms with Crippen LogP contribution in [0.4, 0.5) is 0 Å². The van der Waals surface area contributed by atoms with Crippen LogP contribution in [0.3, 0.4) is 0 Å². The lowest BCUT2D eigenvalue weighted by molar-refractivity contribution is -0.379. The smallest absolute Gasteiger partial charge is 0.220 e. The topological polar surface area (TPSA) is 307 Å². The van der Waals surface area contributed by atoms with E-state index in [1.165, 1.54) is 122 Å². The van der Waals surface area contributed by atoms with Crippen molar-refractivity contribution >= 4 is 5.91 Å². The van der Waals surface area contributed by atoms with Gasteiger partial charge in [-0.25, -0.2) is 0 Å². The minimum Gasteiger partial charge on any atom is -0.394 e. The molecular formula is C89H149NO18. The minimum absolute atomic E-state index is 0.209. The number of aliphatic hydroxyl groups excluding tert-OH is 11. The van der Waals surface area contributed by atoms with Gasteiger partial charge < -0.3 is 89.9 Å². The molecule has 3 aliphatic rings. The molecule has 0 spiro atoms. The second-order valence-electron chi connectivity index (χ2n) is 29.2. The van der Waals surface area contributed by atoms with Gasteiger partial charge in [-0.2, -0.15) is 0 Å². The fourth-order valence-electron chi connectivity index (χ4n) is 13.2. The van der Waals surface area contributed by atoms with Crippen LogP contribution < -0.4 is 5.32 Å². The quantitative estimate of drug-likeness (QED) is 0.0199. The van der Waals surface area contributed by atoms with E-state index in [0.717, 1.165) is 122 Å². The maximum absolute atomic E-state index is 13.5. The molecule has 0 bridgehead atoms. The monoisotopic (exact) mass is 1520 g/mol. The van der Waals surface area contributed by atoms with E-state index in [2.05, 4.69) is 153 Å². The standard InChI is InChI=1S/C89H149NO18/c1-3-5-7-9-11-13-15-17-19-21-23-25-27-29-31-32-33-34-35-36-37-38-39-40-41-43-45-47-49-51-53-55-57-59-61-63-65-67-77(95)90-72(73(94)66-64-62-60-58-56-54-52-50-48-46-44-42-30-28-26-24-22-20-18-16-14-12-10-8-6-4-2)71-103-87-83(101)80(98)85(75(69-92)105-87)108-89-84(102)81(99)86(76(70-93)106-89)107-88-82(100)79(97)78(96)74(68-91)104-88/h5,7,11,13,17,19,23,25,29,31,33-34,36-37,39-40,43,45,49,51,56,58,64,66,72-76,78-89,91-94,96-102H,3-4,6,8-10,12,14-16,18,20-22,24,26-28,30,32,35,38,41-42,44,46-48,50,52-55,57,59-63,65,67-71H2,1-2H3,(H,90,95)/b7-5-,13-11-,19-17-,25-23-,31-29-,34-33-,37-36-,40-39-,45-43-,51-49-,58-56+,66-64+. The van der Waals surface area contributed by atoms with Crippen LogP contribution in [0.1, 0.15) is 277 Å². The highest BCUT2D eigenvalue weighted by atomic mass is 16.8. The number of rotatable bonds is 65. The number of hydrogen-bond acceptors (Lipinski definition) is 18. The summed E-state index contributed by atoms with van der Waals surface area (Å²) < 4.78 is 34.4. The number of carbonyl (C=O) groups is 1. The van der Waals surface area contributed by atoms with Crippen LogP contribution in [-0.2, 0) is 33.2 Å². The van der Waals surface area contributed by atoms with Crippen molar-refractivity contribution in [2.75, 3.05) is 26.4 Å². The highest BCUT2D eigenvalue weighted by molar-refractivity contribution is 5.76. The van der Waals surface area contributed by atoms with Gasteiger partial charge in [0.15, 0.2) is 18.9 Å². The van der Waals surface area contributed by atoms with Crippen LogP contribution >= 0.6 is 0 Å². The summed E-state index contributed by atoms with van der Waals surface area (Å²) >= 11 is 0. The molecule has 19 nitrogen and oxygen atoms in total. The summed E-state index contributed by atoms with van der Waals surface area (Å²) in [6, 6.07) is -1.01. The molecule has 17 atom stereocenters. The molecule has 3 saturated heterocycles. The molecule has 17 unspecified atom stereocenters. The van der Waals surface area contributed by atoms with Gasteiger partial charge in [0.2, 0.25) is 5.91 Å². The Balaban J connectivity index is 1.38. The van der Waals surface area contributed by atoms with Crippen molar-refractivity contribution in [2.45, 2.75) is 381 Å². The zero-order chi connectivity index (χ0) is 78.1. The number of aliphatic hydroxyl groups is 11. The first-order chi connectivity index (χ1) is 52.8. The maximum Gasteiger partial charge on any atom is 0.220 e. The second-order valence-corrected chi connectivity index (χ2v) is 29.2. The third-order valence-corrected chi connectivity index (χ3v) is 19.9. The van der Waals surface area contributed by atoms with Gasteiger partial charge in [0.1, 0.15) is 73.2 Å². The summed E-state index contributed by atoms with van der Waals surface area (Å²) in [6.45, 7) is 1.60. The summed E-state index contributed by atoms with van der Waals surface area (Å²) in [7, 11) is 0. The largest absolute Gasteiger partial charge is 0.394 e. The van der Waals surface area contributed by atoms with Crippen molar-refractivity contribution in [2.24, 2.45) is 0 Å². The molecule has 0 saturated carbocycles. The van der Waals surface area contributed by atoms with Gasteiger partial charge in [-0.15, -0.1) is 0 Å². The van der Waals surface area contributed by atoms with Gasteiger partial charge in [-0.05, 0) is 109 Å². The van der Waals surface area contributed by atoms with Crippen LogP contribution in [0.2, 0.25) is 0 Å². The van der Waals surface area contributed by atoms with E-state index in [4.69, 9.17) is 28.4 Å². The normalized spacial score (nSPS) is 26.2. The highest BCUT2D eigenvalue weighted by Crippen LogP contribution is 2.33. The van der Waals surface area contributed by atoms with Crippen LogP contribution in [0.15, 0.2) is 146 Å². The van der Waals surface area contributed by atoms with Gasteiger partial charge in [0.05, 0.1) is 38.6 Å². The van der Waals surface area contributed by atoms with Crippen molar-refractivity contribution in [3.05, 3.63) is 146 Å². The van der Waals surface area contributed by atoms with Crippen LogP contribution in [0.25, 0.3) is 0 Å².